The van der Waals surface area contributed by atoms with E-state index in [4.69, 9.17) is 0 Å². The average molecular weight is 293 g/mol. The van der Waals surface area contributed by atoms with Crippen molar-refractivity contribution in [2.24, 2.45) is 5.92 Å². The molecule has 0 saturated heterocycles. The highest BCUT2D eigenvalue weighted by Crippen LogP contribution is 2.24. The summed E-state index contributed by atoms with van der Waals surface area (Å²) in [5.74, 6) is 0.915. The van der Waals surface area contributed by atoms with Gasteiger partial charge >= 0.3 is 0 Å². The maximum Gasteiger partial charge on any atom is -0.000801 e. The Morgan fingerprint density at radius 3 is 2.36 bits per heavy atom. The molecule has 0 aromatic heterocycles. The van der Waals surface area contributed by atoms with Crippen LogP contribution in [0.25, 0.3) is 11.1 Å². The molecule has 1 aliphatic rings. The SMILES string of the molecule is c1ccc(-c2ccccc2CCNCC2CCCCC2)cc1. The van der Waals surface area contributed by atoms with Crippen molar-refractivity contribution in [3.63, 3.8) is 0 Å². The Morgan fingerprint density at radius 1 is 0.818 bits per heavy atom. The largest absolute Gasteiger partial charge is 0.316 e. The zero-order valence-electron chi connectivity index (χ0n) is 13.4. The average Bonchev–Trinajstić information content (AvgIpc) is 2.61. The van der Waals surface area contributed by atoms with Gasteiger partial charge in [-0.25, -0.2) is 0 Å². The van der Waals surface area contributed by atoms with Crippen LogP contribution in [0, 0.1) is 5.92 Å². The van der Waals surface area contributed by atoms with Gasteiger partial charge in [-0.3, -0.25) is 0 Å². The minimum Gasteiger partial charge on any atom is -0.316 e. The van der Waals surface area contributed by atoms with Gasteiger partial charge in [0.1, 0.15) is 0 Å². The maximum atomic E-state index is 3.68. The van der Waals surface area contributed by atoms with E-state index >= 15 is 0 Å². The van der Waals surface area contributed by atoms with Gasteiger partial charge in [-0.15, -0.1) is 0 Å². The molecular formula is C21H27N. The van der Waals surface area contributed by atoms with Crippen LogP contribution in [-0.2, 0) is 6.42 Å². The number of hydrogen-bond acceptors (Lipinski definition) is 1. The van der Waals surface area contributed by atoms with E-state index in [0.717, 1.165) is 18.9 Å². The van der Waals surface area contributed by atoms with Crippen molar-refractivity contribution in [2.45, 2.75) is 38.5 Å². The first-order valence-corrected chi connectivity index (χ1v) is 8.77. The minimum absolute atomic E-state index is 0.915. The highest BCUT2D eigenvalue weighted by Gasteiger charge is 2.12. The fraction of sp³-hybridized carbons (Fsp3) is 0.429. The summed E-state index contributed by atoms with van der Waals surface area (Å²) >= 11 is 0. The van der Waals surface area contributed by atoms with Crippen LogP contribution in [0.4, 0.5) is 0 Å². The van der Waals surface area contributed by atoms with E-state index in [1.54, 1.807) is 0 Å². The Kier molecular flexibility index (Phi) is 5.66. The van der Waals surface area contributed by atoms with Crippen LogP contribution in [0.3, 0.4) is 0 Å². The molecule has 0 unspecified atom stereocenters. The molecule has 0 aliphatic heterocycles. The van der Waals surface area contributed by atoms with Gasteiger partial charge in [0.05, 0.1) is 0 Å². The highest BCUT2D eigenvalue weighted by atomic mass is 14.9. The number of benzene rings is 2. The molecule has 22 heavy (non-hydrogen) atoms. The summed E-state index contributed by atoms with van der Waals surface area (Å²) < 4.78 is 0. The first-order valence-electron chi connectivity index (χ1n) is 8.77. The van der Waals surface area contributed by atoms with Crippen molar-refractivity contribution in [2.75, 3.05) is 13.1 Å². The normalized spacial score (nSPS) is 15.8. The first kappa shape index (κ1) is 15.3. The molecule has 1 nitrogen and oxygen atoms in total. The summed E-state index contributed by atoms with van der Waals surface area (Å²) in [7, 11) is 0. The summed E-state index contributed by atoms with van der Waals surface area (Å²) in [6, 6.07) is 19.5. The molecule has 1 N–H and O–H groups in total. The van der Waals surface area contributed by atoms with Crippen LogP contribution in [0.2, 0.25) is 0 Å². The molecule has 1 saturated carbocycles. The van der Waals surface area contributed by atoms with E-state index in [-0.39, 0.29) is 0 Å². The Balaban J connectivity index is 1.54. The predicted octanol–water partition coefficient (Wildman–Crippen LogP) is 5.07. The van der Waals surface area contributed by atoms with Gasteiger partial charge in [0.25, 0.3) is 0 Å². The van der Waals surface area contributed by atoms with E-state index in [1.165, 1.54) is 55.3 Å². The fourth-order valence-electron chi connectivity index (χ4n) is 3.56. The summed E-state index contributed by atoms with van der Waals surface area (Å²) in [5, 5.41) is 3.68. The molecular weight excluding hydrogens is 266 g/mol. The molecule has 1 fully saturated rings. The van der Waals surface area contributed by atoms with Crippen LogP contribution in [-0.4, -0.2) is 13.1 Å². The summed E-state index contributed by atoms with van der Waals surface area (Å²) in [5.41, 5.74) is 4.15. The molecule has 0 atom stereocenters. The molecule has 1 aliphatic carbocycles. The van der Waals surface area contributed by atoms with E-state index in [9.17, 15) is 0 Å². The van der Waals surface area contributed by atoms with Gasteiger partial charge in [0.15, 0.2) is 0 Å². The van der Waals surface area contributed by atoms with E-state index in [1.807, 2.05) is 0 Å². The second kappa shape index (κ2) is 8.14. The third-order valence-corrected chi connectivity index (χ3v) is 4.83. The van der Waals surface area contributed by atoms with E-state index in [2.05, 4.69) is 59.9 Å². The van der Waals surface area contributed by atoms with Gasteiger partial charge in [0.2, 0.25) is 0 Å². The van der Waals surface area contributed by atoms with Crippen molar-refractivity contribution in [3.8, 4) is 11.1 Å². The van der Waals surface area contributed by atoms with Crippen molar-refractivity contribution in [1.29, 1.82) is 0 Å². The lowest BCUT2D eigenvalue weighted by Crippen LogP contribution is -2.26. The van der Waals surface area contributed by atoms with Crippen molar-refractivity contribution in [1.82, 2.24) is 5.32 Å². The van der Waals surface area contributed by atoms with Crippen LogP contribution >= 0.6 is 0 Å². The monoisotopic (exact) mass is 293 g/mol. The molecule has 0 radical (unpaired) electrons. The number of nitrogens with one attached hydrogen (secondary N) is 1. The Bertz CT molecular complexity index is 555. The number of rotatable bonds is 6. The van der Waals surface area contributed by atoms with Crippen molar-refractivity contribution >= 4 is 0 Å². The third kappa shape index (κ3) is 4.20. The lowest BCUT2D eigenvalue weighted by molar-refractivity contribution is 0.343. The van der Waals surface area contributed by atoms with E-state index < -0.39 is 0 Å². The maximum absolute atomic E-state index is 3.68. The summed E-state index contributed by atoms with van der Waals surface area (Å²) in [4.78, 5) is 0. The fourth-order valence-corrected chi connectivity index (χ4v) is 3.56. The van der Waals surface area contributed by atoms with Gasteiger partial charge in [-0.2, -0.15) is 0 Å². The van der Waals surface area contributed by atoms with Gasteiger partial charge in [0, 0.05) is 0 Å². The van der Waals surface area contributed by atoms with Crippen LogP contribution in [0.1, 0.15) is 37.7 Å². The zero-order chi connectivity index (χ0) is 15.0. The molecule has 2 aromatic rings. The van der Waals surface area contributed by atoms with E-state index in [0.29, 0.717) is 0 Å². The molecule has 0 bridgehead atoms. The van der Waals surface area contributed by atoms with Gasteiger partial charge in [-0.1, -0.05) is 73.9 Å². The van der Waals surface area contributed by atoms with Gasteiger partial charge in [-0.05, 0) is 55.0 Å². The minimum atomic E-state index is 0.915. The molecule has 0 heterocycles. The standard InChI is InChI=1S/C21H27N/c1-3-9-18(10-4-1)17-22-16-15-20-13-7-8-14-21(20)19-11-5-2-6-12-19/h2,5-8,11-14,18,22H,1,3-4,9-10,15-17H2. The Labute approximate surface area is 134 Å². The summed E-state index contributed by atoms with van der Waals surface area (Å²) in [6.07, 6.45) is 8.27. The molecule has 0 spiro atoms. The lowest BCUT2D eigenvalue weighted by Gasteiger charge is -2.22. The molecule has 116 valence electrons. The lowest BCUT2D eigenvalue weighted by atomic mass is 9.89. The third-order valence-electron chi connectivity index (χ3n) is 4.83. The second-order valence-electron chi connectivity index (χ2n) is 6.48. The Morgan fingerprint density at radius 2 is 1.55 bits per heavy atom. The highest BCUT2D eigenvalue weighted by molar-refractivity contribution is 5.67. The van der Waals surface area contributed by atoms with Crippen LogP contribution in [0.5, 0.6) is 0 Å². The second-order valence-corrected chi connectivity index (χ2v) is 6.48. The van der Waals surface area contributed by atoms with Gasteiger partial charge < -0.3 is 5.32 Å². The molecule has 3 rings (SSSR count). The van der Waals surface area contributed by atoms with Crippen LogP contribution < -0.4 is 5.32 Å². The predicted molar refractivity (Wildman–Crippen MR) is 95.0 cm³/mol. The number of hydrogen-bond donors (Lipinski definition) is 1. The molecule has 1 heteroatoms. The molecule has 0 amide bonds. The molecule has 2 aromatic carbocycles. The smallest absolute Gasteiger partial charge is 0.000801 e. The van der Waals surface area contributed by atoms with Crippen molar-refractivity contribution < 1.29 is 0 Å². The summed E-state index contributed by atoms with van der Waals surface area (Å²) in [6.45, 7) is 2.29. The van der Waals surface area contributed by atoms with Crippen molar-refractivity contribution in [3.05, 3.63) is 60.2 Å². The van der Waals surface area contributed by atoms with Crippen LogP contribution in [0.15, 0.2) is 54.6 Å². The zero-order valence-corrected chi connectivity index (χ0v) is 13.4. The quantitative estimate of drug-likeness (QED) is 0.734. The first-order chi connectivity index (χ1) is 10.9. The Hall–Kier alpha value is -1.60. The topological polar surface area (TPSA) is 12.0 Å².